The normalized spacial score (nSPS) is 13.6. The molecule has 1 rings (SSSR count). The van der Waals surface area contributed by atoms with Gasteiger partial charge in [0, 0.05) is 12.2 Å². The first-order valence-corrected chi connectivity index (χ1v) is 6.88. The number of aryl methyl sites for hydroxylation is 1. The van der Waals surface area contributed by atoms with Crippen molar-refractivity contribution in [2.75, 3.05) is 0 Å². The smallest absolute Gasteiger partial charge is 0.0625 e. The van der Waals surface area contributed by atoms with Crippen LogP contribution in [0, 0.1) is 5.92 Å². The number of hydrogen-bond donors (Lipinski definition) is 1. The van der Waals surface area contributed by atoms with Gasteiger partial charge in [0.05, 0.1) is 11.7 Å². The molecule has 0 fully saturated rings. The fraction of sp³-hybridized carbons (Fsp3) is 0.786. The van der Waals surface area contributed by atoms with Crippen LogP contribution in [0.25, 0.3) is 0 Å². The summed E-state index contributed by atoms with van der Waals surface area (Å²) in [7, 11) is 0. The average molecular weight is 237 g/mol. The van der Waals surface area contributed by atoms with Crippen molar-refractivity contribution in [3.63, 3.8) is 0 Å². The van der Waals surface area contributed by atoms with Gasteiger partial charge in [0.15, 0.2) is 0 Å². The van der Waals surface area contributed by atoms with Crippen molar-refractivity contribution in [1.82, 2.24) is 9.78 Å². The van der Waals surface area contributed by atoms with Gasteiger partial charge in [0.1, 0.15) is 0 Å². The van der Waals surface area contributed by atoms with E-state index in [0.717, 1.165) is 25.7 Å². The number of hydrogen-bond acceptors (Lipinski definition) is 2. The Morgan fingerprint density at radius 1 is 1.29 bits per heavy atom. The van der Waals surface area contributed by atoms with E-state index in [9.17, 15) is 0 Å². The molecule has 0 aliphatic rings. The minimum absolute atomic E-state index is 0.285. The molecule has 1 heterocycles. The van der Waals surface area contributed by atoms with E-state index in [1.54, 1.807) is 0 Å². The van der Waals surface area contributed by atoms with Crippen LogP contribution >= 0.6 is 0 Å². The molecule has 0 aliphatic carbocycles. The molecule has 1 aromatic heterocycles. The van der Waals surface area contributed by atoms with Gasteiger partial charge in [-0.2, -0.15) is 5.10 Å². The molecule has 1 atom stereocenters. The third-order valence-electron chi connectivity index (χ3n) is 3.57. The van der Waals surface area contributed by atoms with E-state index < -0.39 is 0 Å². The van der Waals surface area contributed by atoms with E-state index in [2.05, 4.69) is 49.7 Å². The molecule has 98 valence electrons. The molecule has 1 aromatic rings. The summed E-state index contributed by atoms with van der Waals surface area (Å²) in [6.45, 7) is 8.77. The molecule has 0 saturated carbocycles. The molecule has 0 aliphatic heterocycles. The van der Waals surface area contributed by atoms with Crippen LogP contribution in [0.3, 0.4) is 0 Å². The van der Waals surface area contributed by atoms with E-state index in [4.69, 9.17) is 5.73 Å². The van der Waals surface area contributed by atoms with Gasteiger partial charge in [-0.05, 0) is 37.7 Å². The maximum atomic E-state index is 6.05. The Hall–Kier alpha value is -0.830. The third kappa shape index (κ3) is 4.15. The SMILES string of the molecule is CCC(CC)n1ccc(CCC(N)C(C)C)n1. The van der Waals surface area contributed by atoms with Gasteiger partial charge in [-0.15, -0.1) is 0 Å². The van der Waals surface area contributed by atoms with Gasteiger partial charge in [-0.25, -0.2) is 0 Å². The largest absolute Gasteiger partial charge is 0.327 e. The highest BCUT2D eigenvalue weighted by molar-refractivity contribution is 5.00. The Labute approximate surface area is 105 Å². The number of rotatable bonds is 7. The van der Waals surface area contributed by atoms with Gasteiger partial charge < -0.3 is 5.73 Å². The van der Waals surface area contributed by atoms with Crippen LogP contribution in [0.15, 0.2) is 12.3 Å². The van der Waals surface area contributed by atoms with Crippen LogP contribution in [0.1, 0.15) is 58.7 Å². The standard InChI is InChI=1S/C14H27N3/c1-5-13(6-2)17-10-9-12(16-17)7-8-14(15)11(3)4/h9-11,13-14H,5-8,15H2,1-4H3. The Morgan fingerprint density at radius 3 is 2.47 bits per heavy atom. The van der Waals surface area contributed by atoms with E-state index >= 15 is 0 Å². The minimum atomic E-state index is 0.285. The van der Waals surface area contributed by atoms with E-state index in [1.165, 1.54) is 5.69 Å². The number of nitrogens with zero attached hydrogens (tertiary/aromatic N) is 2. The van der Waals surface area contributed by atoms with Crippen LogP contribution in [0.2, 0.25) is 0 Å². The molecule has 3 heteroatoms. The Kier molecular flexibility index (Phi) is 5.69. The molecule has 0 amide bonds. The fourth-order valence-corrected chi connectivity index (χ4v) is 2.02. The summed E-state index contributed by atoms with van der Waals surface area (Å²) < 4.78 is 2.11. The van der Waals surface area contributed by atoms with Crippen LogP contribution in [0.4, 0.5) is 0 Å². The lowest BCUT2D eigenvalue weighted by atomic mass is 10.00. The van der Waals surface area contributed by atoms with E-state index in [1.807, 2.05) is 0 Å². The number of aromatic nitrogens is 2. The lowest BCUT2D eigenvalue weighted by Gasteiger charge is -2.14. The summed E-state index contributed by atoms with van der Waals surface area (Å²) in [5, 5.41) is 4.64. The second-order valence-corrected chi connectivity index (χ2v) is 5.20. The predicted molar refractivity (Wildman–Crippen MR) is 73.0 cm³/mol. The van der Waals surface area contributed by atoms with Crippen LogP contribution in [-0.4, -0.2) is 15.8 Å². The molecule has 0 radical (unpaired) electrons. The van der Waals surface area contributed by atoms with Crippen molar-refractivity contribution in [2.24, 2.45) is 11.7 Å². The molecule has 1 unspecified atom stereocenters. The monoisotopic (exact) mass is 237 g/mol. The summed E-state index contributed by atoms with van der Waals surface area (Å²) in [5.74, 6) is 0.552. The summed E-state index contributed by atoms with van der Waals surface area (Å²) >= 11 is 0. The highest BCUT2D eigenvalue weighted by Gasteiger charge is 2.10. The zero-order valence-electron chi connectivity index (χ0n) is 11.7. The molecule has 0 spiro atoms. The molecule has 17 heavy (non-hydrogen) atoms. The Balaban J connectivity index is 2.51. The molecular weight excluding hydrogens is 210 g/mol. The fourth-order valence-electron chi connectivity index (χ4n) is 2.02. The van der Waals surface area contributed by atoms with E-state index in [0.29, 0.717) is 12.0 Å². The average Bonchev–Trinajstić information content (AvgIpc) is 2.76. The van der Waals surface area contributed by atoms with Crippen LogP contribution < -0.4 is 5.73 Å². The van der Waals surface area contributed by atoms with Crippen LogP contribution in [0.5, 0.6) is 0 Å². The van der Waals surface area contributed by atoms with Crippen LogP contribution in [-0.2, 0) is 6.42 Å². The Bertz CT molecular complexity index is 313. The molecule has 0 aromatic carbocycles. The zero-order chi connectivity index (χ0) is 12.8. The lowest BCUT2D eigenvalue weighted by molar-refractivity contribution is 0.421. The second-order valence-electron chi connectivity index (χ2n) is 5.20. The summed E-state index contributed by atoms with van der Waals surface area (Å²) in [4.78, 5) is 0. The van der Waals surface area contributed by atoms with Gasteiger partial charge >= 0.3 is 0 Å². The Morgan fingerprint density at radius 2 is 1.94 bits per heavy atom. The first kappa shape index (κ1) is 14.2. The maximum absolute atomic E-state index is 6.05. The van der Waals surface area contributed by atoms with Crippen molar-refractivity contribution in [3.8, 4) is 0 Å². The predicted octanol–water partition coefficient (Wildman–Crippen LogP) is 3.16. The lowest BCUT2D eigenvalue weighted by Crippen LogP contribution is -2.26. The quantitative estimate of drug-likeness (QED) is 0.791. The first-order chi connectivity index (χ1) is 8.08. The molecule has 2 N–H and O–H groups in total. The topological polar surface area (TPSA) is 43.8 Å². The van der Waals surface area contributed by atoms with Crippen molar-refractivity contribution < 1.29 is 0 Å². The molecule has 3 nitrogen and oxygen atoms in total. The highest BCUT2D eigenvalue weighted by atomic mass is 15.3. The van der Waals surface area contributed by atoms with Crippen molar-refractivity contribution >= 4 is 0 Å². The minimum Gasteiger partial charge on any atom is -0.327 e. The maximum Gasteiger partial charge on any atom is 0.0625 e. The van der Waals surface area contributed by atoms with Crippen molar-refractivity contribution in [2.45, 2.75) is 65.5 Å². The van der Waals surface area contributed by atoms with Crippen molar-refractivity contribution in [1.29, 1.82) is 0 Å². The second kappa shape index (κ2) is 6.80. The molecule has 0 bridgehead atoms. The van der Waals surface area contributed by atoms with Gasteiger partial charge in [-0.3, -0.25) is 4.68 Å². The summed E-state index contributed by atoms with van der Waals surface area (Å²) in [5.41, 5.74) is 7.22. The number of nitrogens with two attached hydrogens (primary N) is 1. The van der Waals surface area contributed by atoms with Gasteiger partial charge in [0.25, 0.3) is 0 Å². The molecule has 0 saturated heterocycles. The molecular formula is C14H27N3. The highest BCUT2D eigenvalue weighted by Crippen LogP contribution is 2.15. The third-order valence-corrected chi connectivity index (χ3v) is 3.57. The van der Waals surface area contributed by atoms with E-state index in [-0.39, 0.29) is 6.04 Å². The first-order valence-electron chi connectivity index (χ1n) is 6.88. The van der Waals surface area contributed by atoms with Gasteiger partial charge in [-0.1, -0.05) is 27.7 Å². The van der Waals surface area contributed by atoms with Crippen molar-refractivity contribution in [3.05, 3.63) is 18.0 Å². The zero-order valence-corrected chi connectivity index (χ0v) is 11.7. The van der Waals surface area contributed by atoms with Gasteiger partial charge in [0.2, 0.25) is 0 Å². The summed E-state index contributed by atoms with van der Waals surface area (Å²) in [6, 6.07) is 2.96. The summed E-state index contributed by atoms with van der Waals surface area (Å²) in [6.07, 6.45) is 6.41.